The molecule has 0 fully saturated rings. The van der Waals surface area contributed by atoms with Crippen molar-refractivity contribution in [1.82, 2.24) is 4.98 Å². The SMILES string of the molecule is C[C@@H](OC(=O)c1ccc2ccccc2n1)C(=O)N(CCC#N)c1ccccc1. The van der Waals surface area contributed by atoms with Crippen LogP contribution in [-0.4, -0.2) is 29.5 Å². The molecule has 0 unspecified atom stereocenters. The lowest BCUT2D eigenvalue weighted by molar-refractivity contribution is -0.126. The zero-order valence-electron chi connectivity index (χ0n) is 15.4. The van der Waals surface area contributed by atoms with Crippen LogP contribution in [0.1, 0.15) is 23.8 Å². The molecule has 6 nitrogen and oxygen atoms in total. The van der Waals surface area contributed by atoms with Crippen molar-refractivity contribution in [3.05, 3.63) is 72.4 Å². The molecule has 140 valence electrons. The van der Waals surface area contributed by atoms with E-state index in [1.54, 1.807) is 42.5 Å². The number of amides is 1. The van der Waals surface area contributed by atoms with Gasteiger partial charge in [-0.25, -0.2) is 9.78 Å². The van der Waals surface area contributed by atoms with E-state index in [0.29, 0.717) is 11.2 Å². The number of benzene rings is 2. The molecule has 28 heavy (non-hydrogen) atoms. The Morgan fingerprint density at radius 2 is 1.79 bits per heavy atom. The topological polar surface area (TPSA) is 83.3 Å². The number of esters is 1. The number of ether oxygens (including phenoxy) is 1. The lowest BCUT2D eigenvalue weighted by Crippen LogP contribution is -2.40. The molecule has 0 saturated carbocycles. The zero-order chi connectivity index (χ0) is 19.9. The molecular formula is C22H19N3O3. The number of hydrogen-bond donors (Lipinski definition) is 0. The minimum atomic E-state index is -1.01. The van der Waals surface area contributed by atoms with E-state index in [2.05, 4.69) is 4.98 Å². The van der Waals surface area contributed by atoms with Crippen LogP contribution in [0.4, 0.5) is 5.69 Å². The molecule has 0 aliphatic carbocycles. The lowest BCUT2D eigenvalue weighted by Gasteiger charge is -2.25. The summed E-state index contributed by atoms with van der Waals surface area (Å²) < 4.78 is 5.35. The smallest absolute Gasteiger partial charge is 0.357 e. The second-order valence-corrected chi connectivity index (χ2v) is 6.17. The number of aromatic nitrogens is 1. The number of fused-ring (bicyclic) bond motifs is 1. The normalized spacial score (nSPS) is 11.4. The number of carbonyl (C=O) groups is 2. The number of carbonyl (C=O) groups excluding carboxylic acids is 2. The van der Waals surface area contributed by atoms with Crippen molar-refractivity contribution in [1.29, 1.82) is 5.26 Å². The zero-order valence-corrected chi connectivity index (χ0v) is 15.4. The van der Waals surface area contributed by atoms with Crippen LogP contribution in [-0.2, 0) is 9.53 Å². The molecule has 0 spiro atoms. The Morgan fingerprint density at radius 3 is 2.54 bits per heavy atom. The molecule has 6 heteroatoms. The quantitative estimate of drug-likeness (QED) is 0.615. The third kappa shape index (κ3) is 4.33. The minimum Gasteiger partial charge on any atom is -0.448 e. The van der Waals surface area contributed by atoms with Crippen LogP contribution in [0.5, 0.6) is 0 Å². The molecule has 0 aliphatic heterocycles. The highest BCUT2D eigenvalue weighted by Gasteiger charge is 2.25. The summed E-state index contributed by atoms with van der Waals surface area (Å²) in [6.45, 7) is 1.74. The summed E-state index contributed by atoms with van der Waals surface area (Å²) in [5.41, 5.74) is 1.46. The van der Waals surface area contributed by atoms with E-state index < -0.39 is 18.0 Å². The van der Waals surface area contributed by atoms with E-state index in [-0.39, 0.29) is 18.7 Å². The second kappa shape index (κ2) is 8.78. The molecule has 0 saturated heterocycles. The summed E-state index contributed by atoms with van der Waals surface area (Å²) in [4.78, 5) is 31.1. The van der Waals surface area contributed by atoms with Crippen LogP contribution in [0.15, 0.2) is 66.7 Å². The number of hydrogen-bond acceptors (Lipinski definition) is 5. The Labute approximate surface area is 163 Å². The monoisotopic (exact) mass is 373 g/mol. The largest absolute Gasteiger partial charge is 0.448 e. The van der Waals surface area contributed by atoms with Gasteiger partial charge >= 0.3 is 5.97 Å². The van der Waals surface area contributed by atoms with E-state index in [1.165, 1.54) is 11.8 Å². The molecule has 0 radical (unpaired) electrons. The Morgan fingerprint density at radius 1 is 1.07 bits per heavy atom. The molecule has 1 heterocycles. The van der Waals surface area contributed by atoms with Crippen LogP contribution in [0, 0.1) is 11.3 Å². The van der Waals surface area contributed by atoms with Gasteiger partial charge < -0.3 is 9.64 Å². The number of para-hydroxylation sites is 2. The molecule has 1 atom stereocenters. The fourth-order valence-corrected chi connectivity index (χ4v) is 2.81. The van der Waals surface area contributed by atoms with Crippen molar-refractivity contribution in [2.75, 3.05) is 11.4 Å². The lowest BCUT2D eigenvalue weighted by atomic mass is 10.2. The molecule has 1 amide bonds. The molecule has 3 aromatic rings. The van der Waals surface area contributed by atoms with Gasteiger partial charge in [0.1, 0.15) is 5.69 Å². The highest BCUT2D eigenvalue weighted by molar-refractivity contribution is 5.99. The molecule has 3 rings (SSSR count). The first-order chi connectivity index (χ1) is 13.6. The van der Waals surface area contributed by atoms with Crippen molar-refractivity contribution >= 4 is 28.5 Å². The molecule has 0 aliphatic rings. The van der Waals surface area contributed by atoms with E-state index in [1.807, 2.05) is 30.3 Å². The van der Waals surface area contributed by atoms with Gasteiger partial charge in [0.2, 0.25) is 0 Å². The van der Waals surface area contributed by atoms with Crippen molar-refractivity contribution < 1.29 is 14.3 Å². The van der Waals surface area contributed by atoms with Gasteiger partial charge in [0.25, 0.3) is 5.91 Å². The Balaban J connectivity index is 1.75. The van der Waals surface area contributed by atoms with E-state index >= 15 is 0 Å². The summed E-state index contributed by atoms with van der Waals surface area (Å²) in [6, 6.07) is 21.8. The highest BCUT2D eigenvalue weighted by Crippen LogP contribution is 2.17. The van der Waals surface area contributed by atoms with E-state index in [4.69, 9.17) is 10.00 Å². The van der Waals surface area contributed by atoms with Crippen LogP contribution in [0.2, 0.25) is 0 Å². The van der Waals surface area contributed by atoms with Crippen molar-refractivity contribution in [2.24, 2.45) is 0 Å². The van der Waals surface area contributed by atoms with Gasteiger partial charge in [-0.05, 0) is 31.2 Å². The number of nitrogens with zero attached hydrogens (tertiary/aromatic N) is 3. The first-order valence-electron chi connectivity index (χ1n) is 8.90. The van der Waals surface area contributed by atoms with Crippen LogP contribution in [0.3, 0.4) is 0 Å². The van der Waals surface area contributed by atoms with Crippen LogP contribution < -0.4 is 4.90 Å². The highest BCUT2D eigenvalue weighted by atomic mass is 16.5. The van der Waals surface area contributed by atoms with Crippen LogP contribution in [0.25, 0.3) is 10.9 Å². The average molecular weight is 373 g/mol. The maximum Gasteiger partial charge on any atom is 0.357 e. The minimum absolute atomic E-state index is 0.140. The van der Waals surface area contributed by atoms with Crippen molar-refractivity contribution in [2.45, 2.75) is 19.4 Å². The van der Waals surface area contributed by atoms with E-state index in [9.17, 15) is 9.59 Å². The maximum atomic E-state index is 12.8. The first kappa shape index (κ1) is 19.1. The van der Waals surface area contributed by atoms with Gasteiger partial charge in [0.15, 0.2) is 6.10 Å². The molecule has 2 aromatic carbocycles. The summed E-state index contributed by atoms with van der Waals surface area (Å²) in [6.07, 6.45) is -0.840. The van der Waals surface area contributed by atoms with E-state index in [0.717, 1.165) is 5.39 Å². The summed E-state index contributed by atoms with van der Waals surface area (Å²) in [7, 11) is 0. The summed E-state index contributed by atoms with van der Waals surface area (Å²) in [5.74, 6) is -1.06. The van der Waals surface area contributed by atoms with Gasteiger partial charge in [0.05, 0.1) is 18.0 Å². The molecule has 1 aromatic heterocycles. The van der Waals surface area contributed by atoms with Gasteiger partial charge in [0, 0.05) is 17.6 Å². The van der Waals surface area contributed by atoms with Gasteiger partial charge in [-0.15, -0.1) is 0 Å². The first-order valence-corrected chi connectivity index (χ1v) is 8.90. The third-order valence-corrected chi connectivity index (χ3v) is 4.22. The number of anilines is 1. The third-order valence-electron chi connectivity index (χ3n) is 4.22. The number of pyridine rings is 1. The Bertz CT molecular complexity index is 1030. The average Bonchev–Trinajstić information content (AvgIpc) is 2.74. The van der Waals surface area contributed by atoms with Crippen molar-refractivity contribution in [3.8, 4) is 6.07 Å². The fourth-order valence-electron chi connectivity index (χ4n) is 2.81. The number of nitriles is 1. The second-order valence-electron chi connectivity index (χ2n) is 6.17. The van der Waals surface area contributed by atoms with Gasteiger partial charge in [-0.1, -0.05) is 42.5 Å². The molecule has 0 bridgehead atoms. The predicted molar refractivity (Wildman–Crippen MR) is 106 cm³/mol. The van der Waals surface area contributed by atoms with Gasteiger partial charge in [-0.2, -0.15) is 5.26 Å². The fraction of sp³-hybridized carbons (Fsp3) is 0.182. The Kier molecular flexibility index (Phi) is 5.97. The summed E-state index contributed by atoms with van der Waals surface area (Å²) >= 11 is 0. The maximum absolute atomic E-state index is 12.8. The predicted octanol–water partition coefficient (Wildman–Crippen LogP) is 3.73. The standard InChI is InChI=1S/C22H19N3O3/c1-16(21(26)25(15-7-14-23)18-9-3-2-4-10-18)28-22(27)20-13-12-17-8-5-6-11-19(17)24-20/h2-6,8-13,16H,7,15H2,1H3/t16-/m1/s1. The van der Waals surface area contributed by atoms with Gasteiger partial charge in [-0.3, -0.25) is 4.79 Å². The van der Waals surface area contributed by atoms with Crippen LogP contribution >= 0.6 is 0 Å². The molecule has 0 N–H and O–H groups in total. The summed E-state index contributed by atoms with van der Waals surface area (Å²) in [5, 5.41) is 9.79. The Hall–Kier alpha value is -3.72. The molecular weight excluding hydrogens is 354 g/mol. The van der Waals surface area contributed by atoms with Crippen molar-refractivity contribution in [3.63, 3.8) is 0 Å². The number of rotatable bonds is 6.